The van der Waals surface area contributed by atoms with E-state index in [0.717, 1.165) is 6.26 Å². The lowest BCUT2D eigenvalue weighted by Crippen LogP contribution is -2.50. The average molecular weight is 193 g/mol. The Labute approximate surface area is 72.9 Å². The van der Waals surface area contributed by atoms with E-state index in [0.29, 0.717) is 0 Å². The lowest BCUT2D eigenvalue weighted by Gasteiger charge is -2.23. The van der Waals surface area contributed by atoms with Gasteiger partial charge in [0.15, 0.2) is 9.84 Å². The SMILES string of the molecule is CN=C(NN)C(C)(C)S(C)(=O)=O. The van der Waals surface area contributed by atoms with E-state index in [1.165, 1.54) is 7.05 Å². The topological polar surface area (TPSA) is 84.5 Å². The van der Waals surface area contributed by atoms with Crippen molar-refractivity contribution in [3.8, 4) is 0 Å². The highest BCUT2D eigenvalue weighted by molar-refractivity contribution is 7.92. The van der Waals surface area contributed by atoms with Crippen molar-refractivity contribution >= 4 is 15.7 Å². The van der Waals surface area contributed by atoms with Gasteiger partial charge in [-0.3, -0.25) is 4.99 Å². The van der Waals surface area contributed by atoms with Crippen LogP contribution in [-0.4, -0.2) is 32.3 Å². The van der Waals surface area contributed by atoms with Crippen LogP contribution in [0.4, 0.5) is 0 Å². The van der Waals surface area contributed by atoms with Crippen LogP contribution < -0.4 is 11.3 Å². The normalized spacial score (nSPS) is 14.6. The van der Waals surface area contributed by atoms with E-state index in [1.54, 1.807) is 13.8 Å². The lowest BCUT2D eigenvalue weighted by molar-refractivity contribution is 0.581. The van der Waals surface area contributed by atoms with Gasteiger partial charge in [-0.1, -0.05) is 0 Å². The summed E-state index contributed by atoms with van der Waals surface area (Å²) < 4.78 is 21.4. The van der Waals surface area contributed by atoms with Gasteiger partial charge in [0, 0.05) is 13.3 Å². The van der Waals surface area contributed by atoms with Gasteiger partial charge in [0.1, 0.15) is 10.6 Å². The first-order chi connectivity index (χ1) is 5.27. The van der Waals surface area contributed by atoms with Crippen LogP contribution in [0.5, 0.6) is 0 Å². The van der Waals surface area contributed by atoms with Crippen LogP contribution in [0.25, 0.3) is 0 Å². The highest BCUT2D eigenvalue weighted by atomic mass is 32.2. The van der Waals surface area contributed by atoms with Gasteiger partial charge < -0.3 is 5.43 Å². The van der Waals surface area contributed by atoms with Gasteiger partial charge in [-0.25, -0.2) is 14.3 Å². The Kier molecular flexibility index (Phi) is 3.23. The van der Waals surface area contributed by atoms with Gasteiger partial charge in [-0.05, 0) is 13.8 Å². The molecule has 0 aromatic heterocycles. The first-order valence-corrected chi connectivity index (χ1v) is 5.30. The molecule has 0 amide bonds. The predicted octanol–water partition coefficient (Wildman–Crippen LogP) is -0.699. The van der Waals surface area contributed by atoms with E-state index in [-0.39, 0.29) is 5.84 Å². The Morgan fingerprint density at radius 3 is 2.00 bits per heavy atom. The van der Waals surface area contributed by atoms with Crippen LogP contribution >= 0.6 is 0 Å². The summed E-state index contributed by atoms with van der Waals surface area (Å²) >= 11 is 0. The second-order valence-corrected chi connectivity index (χ2v) is 5.56. The molecule has 0 saturated carbocycles. The van der Waals surface area contributed by atoms with Gasteiger partial charge in [-0.2, -0.15) is 0 Å². The zero-order valence-electron chi connectivity index (χ0n) is 7.75. The monoisotopic (exact) mass is 193 g/mol. The van der Waals surface area contributed by atoms with Crippen molar-refractivity contribution in [2.75, 3.05) is 13.3 Å². The number of hydrazine groups is 1. The molecule has 0 aliphatic heterocycles. The summed E-state index contributed by atoms with van der Waals surface area (Å²) in [7, 11) is -1.71. The van der Waals surface area contributed by atoms with E-state index in [1.807, 2.05) is 0 Å². The summed E-state index contributed by atoms with van der Waals surface area (Å²) in [6, 6.07) is 0. The van der Waals surface area contributed by atoms with E-state index < -0.39 is 14.6 Å². The maximum Gasteiger partial charge on any atom is 0.159 e. The van der Waals surface area contributed by atoms with Crippen molar-refractivity contribution in [3.63, 3.8) is 0 Å². The first-order valence-electron chi connectivity index (χ1n) is 3.41. The minimum atomic E-state index is -3.20. The molecule has 6 heteroatoms. The molecule has 0 atom stereocenters. The maximum atomic E-state index is 11.2. The molecular formula is C6H15N3O2S. The molecular weight excluding hydrogens is 178 g/mol. The van der Waals surface area contributed by atoms with Crippen molar-refractivity contribution in [1.82, 2.24) is 5.43 Å². The fraction of sp³-hybridized carbons (Fsp3) is 0.833. The highest BCUT2D eigenvalue weighted by Gasteiger charge is 2.35. The molecule has 0 spiro atoms. The van der Waals surface area contributed by atoms with Crippen LogP contribution in [-0.2, 0) is 9.84 Å². The average Bonchev–Trinajstić information content (AvgIpc) is 1.87. The number of nitrogens with two attached hydrogens (primary N) is 1. The van der Waals surface area contributed by atoms with Crippen LogP contribution in [0, 0.1) is 0 Å². The predicted molar refractivity (Wildman–Crippen MR) is 49.6 cm³/mol. The van der Waals surface area contributed by atoms with E-state index in [4.69, 9.17) is 5.84 Å². The van der Waals surface area contributed by atoms with Gasteiger partial charge in [0.25, 0.3) is 0 Å². The molecule has 0 saturated heterocycles. The van der Waals surface area contributed by atoms with Gasteiger partial charge in [0.2, 0.25) is 0 Å². The Bertz CT molecular complexity index is 279. The van der Waals surface area contributed by atoms with Crippen LogP contribution in [0.2, 0.25) is 0 Å². The number of sulfone groups is 1. The molecule has 0 rings (SSSR count). The third-order valence-corrected chi connectivity index (χ3v) is 3.90. The number of nitrogens with zero attached hydrogens (tertiary/aromatic N) is 1. The Hall–Kier alpha value is -0.620. The Balaban J connectivity index is 5.12. The molecule has 72 valence electrons. The summed E-state index contributed by atoms with van der Waals surface area (Å²) in [4.78, 5) is 3.75. The molecule has 12 heavy (non-hydrogen) atoms. The molecule has 0 bridgehead atoms. The van der Waals surface area contributed by atoms with Crippen molar-refractivity contribution in [2.24, 2.45) is 10.8 Å². The van der Waals surface area contributed by atoms with Crippen molar-refractivity contribution in [3.05, 3.63) is 0 Å². The molecule has 0 unspecified atom stereocenters. The molecule has 3 N–H and O–H groups in total. The first kappa shape index (κ1) is 11.4. The summed E-state index contributed by atoms with van der Waals surface area (Å²) in [6.07, 6.45) is 1.15. The second-order valence-electron chi connectivity index (χ2n) is 3.00. The quantitative estimate of drug-likeness (QED) is 0.263. The third-order valence-electron chi connectivity index (χ3n) is 1.86. The standard InChI is InChI=1S/C6H15N3O2S/c1-6(2,12(4,10)11)5(8-3)9-7/h7H2,1-4H3,(H,8,9). The Morgan fingerprint density at radius 2 is 1.92 bits per heavy atom. The van der Waals surface area contributed by atoms with Crippen LogP contribution in [0.3, 0.4) is 0 Å². The molecule has 0 aliphatic carbocycles. The summed E-state index contributed by atoms with van der Waals surface area (Å²) in [5, 5.41) is 0. The van der Waals surface area contributed by atoms with Crippen molar-refractivity contribution in [1.29, 1.82) is 0 Å². The molecule has 0 aliphatic rings. The minimum absolute atomic E-state index is 0.255. The number of amidine groups is 1. The highest BCUT2D eigenvalue weighted by Crippen LogP contribution is 2.15. The van der Waals surface area contributed by atoms with Crippen LogP contribution in [0.15, 0.2) is 4.99 Å². The third kappa shape index (κ3) is 1.95. The van der Waals surface area contributed by atoms with Crippen molar-refractivity contribution < 1.29 is 8.42 Å². The zero-order chi connectivity index (χ0) is 9.99. The Morgan fingerprint density at radius 1 is 1.50 bits per heavy atom. The minimum Gasteiger partial charge on any atom is -0.311 e. The number of rotatable bonds is 2. The van der Waals surface area contributed by atoms with Gasteiger partial charge >= 0.3 is 0 Å². The molecule has 0 aromatic rings. The molecule has 5 nitrogen and oxygen atoms in total. The fourth-order valence-electron chi connectivity index (χ4n) is 0.683. The fourth-order valence-corrected chi connectivity index (χ4v) is 1.18. The summed E-state index contributed by atoms with van der Waals surface area (Å²) in [5.74, 6) is 5.38. The number of nitrogens with one attached hydrogen (secondary N) is 1. The van der Waals surface area contributed by atoms with E-state index >= 15 is 0 Å². The van der Waals surface area contributed by atoms with Crippen molar-refractivity contribution in [2.45, 2.75) is 18.6 Å². The maximum absolute atomic E-state index is 11.2. The number of hydrogen-bond acceptors (Lipinski definition) is 4. The smallest absolute Gasteiger partial charge is 0.159 e. The van der Waals surface area contributed by atoms with Gasteiger partial charge in [0.05, 0.1) is 0 Å². The summed E-state index contributed by atoms with van der Waals surface area (Å²) in [5.41, 5.74) is 2.27. The molecule has 0 radical (unpaired) electrons. The second kappa shape index (κ2) is 3.40. The lowest BCUT2D eigenvalue weighted by atomic mass is 10.2. The zero-order valence-corrected chi connectivity index (χ0v) is 8.57. The van der Waals surface area contributed by atoms with Crippen LogP contribution in [0.1, 0.15) is 13.8 Å². The number of aliphatic imine (C=N–C) groups is 1. The summed E-state index contributed by atoms with van der Waals surface area (Å²) in [6.45, 7) is 3.09. The number of hydrogen-bond donors (Lipinski definition) is 2. The largest absolute Gasteiger partial charge is 0.311 e. The molecule has 0 heterocycles. The van der Waals surface area contributed by atoms with E-state index in [9.17, 15) is 8.42 Å². The molecule has 0 fully saturated rings. The van der Waals surface area contributed by atoms with Gasteiger partial charge in [-0.15, -0.1) is 0 Å². The van der Waals surface area contributed by atoms with E-state index in [2.05, 4.69) is 10.4 Å². The molecule has 0 aromatic carbocycles.